The van der Waals surface area contributed by atoms with Crippen LogP contribution in [0.4, 0.5) is 5.69 Å². The number of allylic oxidation sites excluding steroid dienone is 2. The fourth-order valence-corrected chi connectivity index (χ4v) is 1.38. The molecule has 0 unspecified atom stereocenters. The number of hydrogen-bond donors (Lipinski definition) is 3. The van der Waals surface area contributed by atoms with Gasteiger partial charge in [0, 0.05) is 0 Å². The third-order valence-electron chi connectivity index (χ3n) is 2.34. The fraction of sp³-hybridized carbons (Fsp3) is 0. The summed E-state index contributed by atoms with van der Waals surface area (Å²) in [4.78, 5) is 21.9. The summed E-state index contributed by atoms with van der Waals surface area (Å²) in [7, 11) is 0. The molecule has 3 N–H and O–H groups in total. The van der Waals surface area contributed by atoms with E-state index in [9.17, 15) is 9.59 Å². The summed E-state index contributed by atoms with van der Waals surface area (Å²) < 4.78 is 0. The zero-order valence-corrected chi connectivity index (χ0v) is 10.3. The van der Waals surface area contributed by atoms with Gasteiger partial charge in [0.25, 0.3) is 0 Å². The predicted octanol–water partition coefficient (Wildman–Crippen LogP) is 1.32. The Labute approximate surface area is 118 Å². The number of aromatic carboxylic acids is 2. The van der Waals surface area contributed by atoms with Crippen LogP contribution in [0.3, 0.4) is 0 Å². The summed E-state index contributed by atoms with van der Waals surface area (Å²) >= 11 is 0. The highest BCUT2D eigenvalue weighted by atomic mass is 16.4. The minimum Gasteiger partial charge on any atom is -0.478 e. The van der Waals surface area contributed by atoms with Gasteiger partial charge in [-0.05, 0) is 18.2 Å². The van der Waals surface area contributed by atoms with E-state index in [-0.39, 0.29) is 11.3 Å². The molecule has 0 heterocycles. The molecule has 0 fully saturated rings. The molecule has 21 heavy (non-hydrogen) atoms. The van der Waals surface area contributed by atoms with Crippen LogP contribution in [-0.4, -0.2) is 22.2 Å². The molecule has 1 aromatic carbocycles. The maximum Gasteiger partial charge on any atom is 0.337 e. The molecule has 0 aromatic heterocycles. The van der Waals surface area contributed by atoms with E-state index >= 15 is 0 Å². The lowest BCUT2D eigenvalue weighted by molar-refractivity contribution is 0.0696. The number of benzene rings is 1. The number of hydrogen-bond acceptors (Lipinski definition) is 6. The first kappa shape index (κ1) is 15.2. The highest BCUT2D eigenvalue weighted by Gasteiger charge is 2.16. The second kappa shape index (κ2) is 6.37. The van der Waals surface area contributed by atoms with Crippen molar-refractivity contribution >= 4 is 17.6 Å². The van der Waals surface area contributed by atoms with Gasteiger partial charge in [0.2, 0.25) is 0 Å². The number of nitriles is 3. The minimum absolute atomic E-state index is 0.105. The molecule has 0 aliphatic carbocycles. The molecule has 0 atom stereocenters. The molecule has 1 aromatic rings. The van der Waals surface area contributed by atoms with Crippen LogP contribution in [0.25, 0.3) is 0 Å². The first-order valence-electron chi connectivity index (χ1n) is 5.26. The highest BCUT2D eigenvalue weighted by Crippen LogP contribution is 2.20. The summed E-state index contributed by atoms with van der Waals surface area (Å²) in [5.74, 6) is -2.73. The predicted molar refractivity (Wildman–Crippen MR) is 67.8 cm³/mol. The van der Waals surface area contributed by atoms with Crippen molar-refractivity contribution in [1.82, 2.24) is 0 Å². The number of rotatable bonds is 4. The molecule has 0 spiro atoms. The van der Waals surface area contributed by atoms with E-state index in [4.69, 9.17) is 26.0 Å². The molecular weight excluding hydrogens is 276 g/mol. The largest absolute Gasteiger partial charge is 0.478 e. The first-order valence-corrected chi connectivity index (χ1v) is 5.26. The third kappa shape index (κ3) is 3.34. The molecule has 0 radical (unpaired) electrons. The van der Waals surface area contributed by atoms with Crippen LogP contribution >= 0.6 is 0 Å². The van der Waals surface area contributed by atoms with Crippen LogP contribution in [0.2, 0.25) is 0 Å². The Morgan fingerprint density at radius 2 is 1.62 bits per heavy atom. The fourth-order valence-electron chi connectivity index (χ4n) is 1.38. The number of carbonyl (C=O) groups is 2. The van der Waals surface area contributed by atoms with Gasteiger partial charge in [0.15, 0.2) is 5.57 Å². The summed E-state index contributed by atoms with van der Waals surface area (Å²) in [6.07, 6.45) is 0. The van der Waals surface area contributed by atoms with Crippen LogP contribution in [0, 0.1) is 34.0 Å². The summed E-state index contributed by atoms with van der Waals surface area (Å²) in [6, 6.07) is 7.73. The van der Waals surface area contributed by atoms with Gasteiger partial charge in [0.05, 0.1) is 16.8 Å². The lowest BCUT2D eigenvalue weighted by Crippen LogP contribution is -2.09. The summed E-state index contributed by atoms with van der Waals surface area (Å²) in [6.45, 7) is 0. The zero-order chi connectivity index (χ0) is 16.0. The number of carboxylic acids is 2. The van der Waals surface area contributed by atoms with Crippen molar-refractivity contribution in [2.45, 2.75) is 0 Å². The lowest BCUT2D eigenvalue weighted by atomic mass is 10.1. The molecule has 0 saturated carbocycles. The van der Waals surface area contributed by atoms with Gasteiger partial charge in [-0.25, -0.2) is 9.59 Å². The lowest BCUT2D eigenvalue weighted by Gasteiger charge is -2.09. The Bertz CT molecular complexity index is 759. The molecule has 0 bridgehead atoms. The molecule has 1 rings (SSSR count). The first-order chi connectivity index (χ1) is 9.94. The van der Waals surface area contributed by atoms with Crippen LogP contribution in [0.15, 0.2) is 29.5 Å². The van der Waals surface area contributed by atoms with E-state index in [1.807, 2.05) is 0 Å². The number of anilines is 1. The van der Waals surface area contributed by atoms with Crippen molar-refractivity contribution in [3.63, 3.8) is 0 Å². The molecule has 0 amide bonds. The standard InChI is InChI=1S/C13H6N4O4/c14-4-8(5-15)11(6-16)17-10-2-1-7(12(18)19)3-9(10)13(20)21/h1-3,17H,(H,18,19)(H,20,21). The molecular formula is C13H6N4O4. The number of nitrogens with zero attached hydrogens (tertiary/aromatic N) is 3. The second-order valence-corrected chi connectivity index (χ2v) is 3.58. The van der Waals surface area contributed by atoms with Gasteiger partial charge in [-0.2, -0.15) is 15.8 Å². The Hall–Kier alpha value is -3.83. The Kier molecular flexibility index (Phi) is 4.62. The average molecular weight is 282 g/mol. The van der Waals surface area contributed by atoms with Crippen molar-refractivity contribution in [2.75, 3.05) is 5.32 Å². The van der Waals surface area contributed by atoms with Crippen molar-refractivity contribution in [1.29, 1.82) is 15.8 Å². The van der Waals surface area contributed by atoms with Gasteiger partial charge in [-0.1, -0.05) is 0 Å². The van der Waals surface area contributed by atoms with E-state index in [0.29, 0.717) is 0 Å². The van der Waals surface area contributed by atoms with Crippen LogP contribution in [0.1, 0.15) is 20.7 Å². The Morgan fingerprint density at radius 1 is 1.00 bits per heavy atom. The van der Waals surface area contributed by atoms with Gasteiger partial charge in [-0.3, -0.25) is 0 Å². The van der Waals surface area contributed by atoms with Crippen molar-refractivity contribution in [3.8, 4) is 18.2 Å². The maximum atomic E-state index is 11.1. The van der Waals surface area contributed by atoms with Gasteiger partial charge in [-0.15, -0.1) is 0 Å². The van der Waals surface area contributed by atoms with Crippen molar-refractivity contribution < 1.29 is 19.8 Å². The van der Waals surface area contributed by atoms with Crippen LogP contribution in [-0.2, 0) is 0 Å². The monoisotopic (exact) mass is 282 g/mol. The molecule has 8 nitrogen and oxygen atoms in total. The molecule has 102 valence electrons. The van der Waals surface area contributed by atoms with Gasteiger partial charge >= 0.3 is 11.9 Å². The van der Waals surface area contributed by atoms with Gasteiger partial charge in [0.1, 0.15) is 23.9 Å². The normalized spacial score (nSPS) is 8.62. The molecule has 0 saturated heterocycles. The van der Waals surface area contributed by atoms with E-state index in [1.165, 1.54) is 12.1 Å². The van der Waals surface area contributed by atoms with E-state index in [2.05, 4.69) is 5.32 Å². The van der Waals surface area contributed by atoms with Crippen LogP contribution < -0.4 is 5.32 Å². The molecule has 0 aliphatic rings. The van der Waals surface area contributed by atoms with E-state index < -0.39 is 28.8 Å². The second-order valence-electron chi connectivity index (χ2n) is 3.58. The topological polar surface area (TPSA) is 158 Å². The smallest absolute Gasteiger partial charge is 0.337 e. The quantitative estimate of drug-likeness (QED) is 0.697. The van der Waals surface area contributed by atoms with Crippen LogP contribution in [0.5, 0.6) is 0 Å². The van der Waals surface area contributed by atoms with E-state index in [1.54, 1.807) is 6.07 Å². The Morgan fingerprint density at radius 3 is 2.05 bits per heavy atom. The average Bonchev–Trinajstić information content (AvgIpc) is 2.47. The number of carboxylic acid groups (broad SMARTS) is 2. The molecule has 8 heteroatoms. The van der Waals surface area contributed by atoms with E-state index in [0.717, 1.165) is 18.2 Å². The third-order valence-corrected chi connectivity index (χ3v) is 2.34. The number of nitrogens with one attached hydrogen (secondary N) is 1. The summed E-state index contributed by atoms with van der Waals surface area (Å²) in [5.41, 5.74) is -1.70. The van der Waals surface area contributed by atoms with Gasteiger partial charge < -0.3 is 15.5 Å². The van der Waals surface area contributed by atoms with Crippen molar-refractivity contribution in [2.24, 2.45) is 0 Å². The van der Waals surface area contributed by atoms with Crippen molar-refractivity contribution in [3.05, 3.63) is 40.6 Å². The molecule has 0 aliphatic heterocycles. The SMILES string of the molecule is N#CC(C#N)=C(C#N)Nc1ccc(C(=O)O)cc1C(=O)O. The zero-order valence-electron chi connectivity index (χ0n) is 10.3. The maximum absolute atomic E-state index is 11.1. The highest BCUT2D eigenvalue weighted by molar-refractivity contribution is 5.98. The minimum atomic E-state index is -1.42. The summed E-state index contributed by atoms with van der Waals surface area (Å²) in [5, 5.41) is 46.5. The Balaban J connectivity index is 3.40.